The van der Waals surface area contributed by atoms with E-state index in [1.54, 1.807) is 18.6 Å². The van der Waals surface area contributed by atoms with Crippen molar-refractivity contribution >= 4 is 27.4 Å². The maximum absolute atomic E-state index is 9.80. The highest BCUT2D eigenvalue weighted by Crippen LogP contribution is 2.29. The molecule has 1 atom stereocenters. The Balaban J connectivity index is 1.61. The van der Waals surface area contributed by atoms with Crippen LogP contribution >= 0.6 is 11.5 Å². The summed E-state index contributed by atoms with van der Waals surface area (Å²) in [7, 11) is 1.62. The average Bonchev–Trinajstić information content (AvgIpc) is 2.92. The highest BCUT2D eigenvalue weighted by atomic mass is 32.1. The monoisotopic (exact) mass is 307 g/mol. The summed E-state index contributed by atoms with van der Waals surface area (Å²) < 4.78 is 10.8. The van der Waals surface area contributed by atoms with Crippen LogP contribution < -0.4 is 4.90 Å². The normalized spacial score (nSPS) is 18.3. The number of piperazine rings is 1. The molecule has 0 saturated carbocycles. The highest BCUT2D eigenvalue weighted by molar-refractivity contribution is 7.13. The van der Waals surface area contributed by atoms with E-state index >= 15 is 0 Å². The molecule has 1 aromatic carbocycles. The SMILES string of the molecule is COCC(O)CN1CCN(c2nsc3ccccc23)CC1. The first-order chi connectivity index (χ1) is 10.3. The van der Waals surface area contributed by atoms with Gasteiger partial charge in [0.1, 0.15) is 5.82 Å². The number of anilines is 1. The summed E-state index contributed by atoms with van der Waals surface area (Å²) in [5.41, 5.74) is 0. The lowest BCUT2D eigenvalue weighted by Crippen LogP contribution is -2.49. The topological polar surface area (TPSA) is 48.8 Å². The first-order valence-corrected chi connectivity index (χ1v) is 8.04. The summed E-state index contributed by atoms with van der Waals surface area (Å²) in [4.78, 5) is 4.63. The molecule has 0 amide bonds. The van der Waals surface area contributed by atoms with Crippen LogP contribution in [0.2, 0.25) is 0 Å². The van der Waals surface area contributed by atoms with Crippen molar-refractivity contribution < 1.29 is 9.84 Å². The number of nitrogens with zero attached hydrogens (tertiary/aromatic N) is 3. The third-order valence-corrected chi connectivity index (χ3v) is 4.68. The van der Waals surface area contributed by atoms with Crippen LogP contribution in [-0.4, -0.2) is 66.9 Å². The van der Waals surface area contributed by atoms with Crippen molar-refractivity contribution in [3.05, 3.63) is 24.3 Å². The van der Waals surface area contributed by atoms with Crippen LogP contribution in [0, 0.1) is 0 Å². The van der Waals surface area contributed by atoms with Crippen molar-refractivity contribution in [1.82, 2.24) is 9.27 Å². The molecule has 2 heterocycles. The fraction of sp³-hybridized carbons (Fsp3) is 0.533. The molecule has 0 spiro atoms. The van der Waals surface area contributed by atoms with Crippen LogP contribution in [0.25, 0.3) is 10.1 Å². The van der Waals surface area contributed by atoms with Crippen LogP contribution in [0.1, 0.15) is 0 Å². The van der Waals surface area contributed by atoms with Gasteiger partial charge in [0.15, 0.2) is 0 Å². The Morgan fingerprint density at radius 1 is 1.29 bits per heavy atom. The largest absolute Gasteiger partial charge is 0.389 e. The number of hydrogen-bond acceptors (Lipinski definition) is 6. The van der Waals surface area contributed by atoms with E-state index in [1.807, 2.05) is 0 Å². The van der Waals surface area contributed by atoms with Crippen LogP contribution in [-0.2, 0) is 4.74 Å². The number of rotatable bonds is 5. The second-order valence-electron chi connectivity index (χ2n) is 5.40. The molecule has 0 radical (unpaired) electrons. The molecule has 6 heteroatoms. The van der Waals surface area contributed by atoms with Gasteiger partial charge in [-0.05, 0) is 23.7 Å². The first kappa shape index (κ1) is 14.7. The second-order valence-corrected chi connectivity index (χ2v) is 6.20. The minimum atomic E-state index is -0.401. The molecule has 1 aromatic heterocycles. The Labute approximate surface area is 128 Å². The van der Waals surface area contributed by atoms with E-state index in [9.17, 15) is 5.11 Å². The van der Waals surface area contributed by atoms with E-state index in [0.717, 1.165) is 32.0 Å². The molecular formula is C15H21N3O2S. The van der Waals surface area contributed by atoms with Gasteiger partial charge < -0.3 is 14.7 Å². The molecule has 1 N–H and O–H groups in total. The second kappa shape index (κ2) is 6.70. The predicted molar refractivity (Wildman–Crippen MR) is 86.2 cm³/mol. The smallest absolute Gasteiger partial charge is 0.150 e. The third-order valence-electron chi connectivity index (χ3n) is 3.86. The van der Waals surface area contributed by atoms with E-state index in [1.165, 1.54) is 10.1 Å². The Morgan fingerprint density at radius 3 is 2.81 bits per heavy atom. The number of aliphatic hydroxyl groups excluding tert-OH is 1. The van der Waals surface area contributed by atoms with Crippen LogP contribution in [0.4, 0.5) is 5.82 Å². The molecule has 1 unspecified atom stereocenters. The van der Waals surface area contributed by atoms with Crippen molar-refractivity contribution in [3.8, 4) is 0 Å². The number of hydrogen-bond donors (Lipinski definition) is 1. The van der Waals surface area contributed by atoms with E-state index < -0.39 is 6.10 Å². The van der Waals surface area contributed by atoms with Crippen molar-refractivity contribution in [1.29, 1.82) is 0 Å². The number of β-amino-alcohol motifs (C(OH)–C–C–N with tert-alkyl or cyclic N) is 1. The number of ether oxygens (including phenoxy) is 1. The lowest BCUT2D eigenvalue weighted by molar-refractivity contribution is 0.0365. The summed E-state index contributed by atoms with van der Waals surface area (Å²) >= 11 is 1.56. The van der Waals surface area contributed by atoms with Gasteiger partial charge >= 0.3 is 0 Å². The zero-order valence-electron chi connectivity index (χ0n) is 12.2. The van der Waals surface area contributed by atoms with Crippen LogP contribution in [0.3, 0.4) is 0 Å². The van der Waals surface area contributed by atoms with Crippen molar-refractivity contribution in [2.24, 2.45) is 0 Å². The van der Waals surface area contributed by atoms with Gasteiger partial charge in [0, 0.05) is 45.2 Å². The molecule has 1 fully saturated rings. The van der Waals surface area contributed by atoms with Gasteiger partial charge in [0.2, 0.25) is 0 Å². The summed E-state index contributed by atoms with van der Waals surface area (Å²) in [6.07, 6.45) is -0.401. The quantitative estimate of drug-likeness (QED) is 0.905. The Kier molecular flexibility index (Phi) is 4.70. The number of aliphatic hydroxyl groups is 1. The molecule has 5 nitrogen and oxygen atoms in total. The molecular weight excluding hydrogens is 286 g/mol. The summed E-state index contributed by atoms with van der Waals surface area (Å²) in [5, 5.41) is 11.0. The molecule has 2 aromatic rings. The minimum Gasteiger partial charge on any atom is -0.389 e. The first-order valence-electron chi connectivity index (χ1n) is 7.26. The Bertz CT molecular complexity index is 581. The lowest BCUT2D eigenvalue weighted by atomic mass is 10.2. The molecule has 3 rings (SSSR count). The molecule has 21 heavy (non-hydrogen) atoms. The number of aromatic nitrogens is 1. The van der Waals surface area contributed by atoms with Gasteiger partial charge in [-0.1, -0.05) is 12.1 Å². The van der Waals surface area contributed by atoms with E-state index in [2.05, 4.69) is 38.4 Å². The molecule has 0 bridgehead atoms. The van der Waals surface area contributed by atoms with Crippen molar-refractivity contribution in [3.63, 3.8) is 0 Å². The van der Waals surface area contributed by atoms with E-state index in [4.69, 9.17) is 4.74 Å². The summed E-state index contributed by atoms with van der Waals surface area (Å²) in [5.74, 6) is 1.10. The zero-order valence-corrected chi connectivity index (χ0v) is 13.1. The molecule has 1 aliphatic heterocycles. The minimum absolute atomic E-state index is 0.400. The Morgan fingerprint density at radius 2 is 2.05 bits per heavy atom. The third kappa shape index (κ3) is 3.35. The van der Waals surface area contributed by atoms with Gasteiger partial charge in [-0.2, -0.15) is 4.37 Å². The summed E-state index contributed by atoms with van der Waals surface area (Å²) in [6.45, 7) is 4.89. The van der Waals surface area contributed by atoms with Crippen molar-refractivity contribution in [2.75, 3.05) is 51.3 Å². The molecule has 1 aliphatic rings. The fourth-order valence-electron chi connectivity index (χ4n) is 2.79. The van der Waals surface area contributed by atoms with Gasteiger partial charge in [-0.3, -0.25) is 4.90 Å². The standard InChI is InChI=1S/C15H21N3O2S/c1-20-11-12(19)10-17-6-8-18(9-7-17)15-13-4-2-3-5-14(13)21-16-15/h2-5,12,19H,6-11H2,1H3. The molecule has 114 valence electrons. The maximum Gasteiger partial charge on any atom is 0.150 e. The summed E-state index contributed by atoms with van der Waals surface area (Å²) in [6, 6.07) is 8.38. The lowest BCUT2D eigenvalue weighted by Gasteiger charge is -2.35. The Hall–Kier alpha value is -1.21. The van der Waals surface area contributed by atoms with Crippen LogP contribution in [0.5, 0.6) is 0 Å². The number of methoxy groups -OCH3 is 1. The maximum atomic E-state index is 9.80. The predicted octanol–water partition coefficient (Wildman–Crippen LogP) is 1.43. The van der Waals surface area contributed by atoms with E-state index in [-0.39, 0.29) is 0 Å². The van der Waals surface area contributed by atoms with Crippen LogP contribution in [0.15, 0.2) is 24.3 Å². The van der Waals surface area contributed by atoms with Gasteiger partial charge in [0.25, 0.3) is 0 Å². The molecule has 1 saturated heterocycles. The number of fused-ring (bicyclic) bond motifs is 1. The average molecular weight is 307 g/mol. The van der Waals surface area contributed by atoms with E-state index in [0.29, 0.717) is 13.2 Å². The number of benzene rings is 1. The van der Waals surface area contributed by atoms with Crippen molar-refractivity contribution in [2.45, 2.75) is 6.10 Å². The zero-order chi connectivity index (χ0) is 14.7. The van der Waals surface area contributed by atoms with Gasteiger partial charge in [-0.15, -0.1) is 0 Å². The molecule has 0 aliphatic carbocycles. The highest BCUT2D eigenvalue weighted by Gasteiger charge is 2.21. The fourth-order valence-corrected chi connectivity index (χ4v) is 3.58. The van der Waals surface area contributed by atoms with Gasteiger partial charge in [-0.25, -0.2) is 0 Å². The van der Waals surface area contributed by atoms with Gasteiger partial charge in [0.05, 0.1) is 17.4 Å².